The molecule has 96 valence electrons. The third kappa shape index (κ3) is 4.49. The predicted octanol–water partition coefficient (Wildman–Crippen LogP) is 1.26. The minimum absolute atomic E-state index is 0.162. The summed E-state index contributed by atoms with van der Waals surface area (Å²) in [6, 6.07) is 0. The Morgan fingerprint density at radius 1 is 1.31 bits per heavy atom. The van der Waals surface area contributed by atoms with Crippen LogP contribution in [-0.4, -0.2) is 49.7 Å². The first-order valence-corrected chi connectivity index (χ1v) is 6.12. The van der Waals surface area contributed by atoms with Crippen molar-refractivity contribution in [3.63, 3.8) is 0 Å². The number of hydrogen-bond donors (Lipinski definition) is 1. The molecule has 16 heavy (non-hydrogen) atoms. The Morgan fingerprint density at radius 2 is 1.88 bits per heavy atom. The molecule has 0 aliphatic heterocycles. The van der Waals surface area contributed by atoms with Crippen LogP contribution in [0.1, 0.15) is 34.1 Å². The van der Waals surface area contributed by atoms with Crippen LogP contribution in [0.15, 0.2) is 0 Å². The minimum atomic E-state index is -0.571. The summed E-state index contributed by atoms with van der Waals surface area (Å²) in [6.45, 7) is 11.4. The van der Waals surface area contributed by atoms with Crippen molar-refractivity contribution >= 4 is 5.97 Å². The van der Waals surface area contributed by atoms with Gasteiger partial charge in [-0.3, -0.25) is 4.79 Å². The van der Waals surface area contributed by atoms with Crippen LogP contribution >= 0.6 is 0 Å². The van der Waals surface area contributed by atoms with Crippen molar-refractivity contribution in [2.75, 3.05) is 33.3 Å². The fourth-order valence-corrected chi connectivity index (χ4v) is 1.54. The topological polar surface area (TPSA) is 41.6 Å². The molecule has 0 bridgehead atoms. The first kappa shape index (κ1) is 15.4. The van der Waals surface area contributed by atoms with E-state index < -0.39 is 5.54 Å². The van der Waals surface area contributed by atoms with Crippen molar-refractivity contribution in [3.8, 4) is 0 Å². The van der Waals surface area contributed by atoms with Crippen molar-refractivity contribution in [2.24, 2.45) is 0 Å². The molecule has 0 aliphatic rings. The van der Waals surface area contributed by atoms with Crippen molar-refractivity contribution in [3.05, 3.63) is 0 Å². The molecule has 1 atom stereocenters. The van der Waals surface area contributed by atoms with E-state index in [-0.39, 0.29) is 5.97 Å². The van der Waals surface area contributed by atoms with Crippen LogP contribution in [0, 0.1) is 0 Å². The van der Waals surface area contributed by atoms with Crippen molar-refractivity contribution in [2.45, 2.75) is 39.7 Å². The predicted molar refractivity (Wildman–Crippen MR) is 66.5 cm³/mol. The first-order chi connectivity index (χ1) is 7.53. The summed E-state index contributed by atoms with van der Waals surface area (Å²) in [7, 11) is 1.80. The molecule has 0 spiro atoms. The van der Waals surface area contributed by atoms with Crippen LogP contribution in [0.25, 0.3) is 0 Å². The van der Waals surface area contributed by atoms with Crippen LogP contribution in [0.5, 0.6) is 0 Å². The molecule has 0 amide bonds. The van der Waals surface area contributed by atoms with Crippen molar-refractivity contribution in [1.82, 2.24) is 10.2 Å². The molecular formula is C12H26N2O2. The lowest BCUT2D eigenvalue weighted by atomic mass is 9.98. The number of likely N-dealkylation sites (N-methyl/N-ethyl adjacent to an activating group) is 1. The lowest BCUT2D eigenvalue weighted by Gasteiger charge is -2.29. The van der Waals surface area contributed by atoms with Gasteiger partial charge in [-0.05, 0) is 40.4 Å². The molecule has 0 saturated heterocycles. The molecule has 0 aromatic heterocycles. The monoisotopic (exact) mass is 230 g/mol. The Bertz CT molecular complexity index is 205. The maximum atomic E-state index is 11.8. The Balaban J connectivity index is 4.30. The van der Waals surface area contributed by atoms with Gasteiger partial charge in [-0.15, -0.1) is 0 Å². The van der Waals surface area contributed by atoms with E-state index in [4.69, 9.17) is 4.74 Å². The zero-order valence-corrected chi connectivity index (χ0v) is 11.3. The zero-order valence-electron chi connectivity index (χ0n) is 11.3. The number of carbonyl (C=O) groups is 1. The average Bonchev–Trinajstić information content (AvgIpc) is 2.30. The normalized spacial score (nSPS) is 14.9. The van der Waals surface area contributed by atoms with E-state index in [1.165, 1.54) is 0 Å². The molecule has 0 heterocycles. The summed E-state index contributed by atoms with van der Waals surface area (Å²) in [5, 5.41) is 3.07. The largest absolute Gasteiger partial charge is 0.465 e. The Morgan fingerprint density at radius 3 is 2.25 bits per heavy atom. The summed E-state index contributed by atoms with van der Waals surface area (Å²) in [5.74, 6) is -0.162. The fraction of sp³-hybridized carbons (Fsp3) is 0.917. The second-order valence-corrected chi connectivity index (χ2v) is 4.08. The highest BCUT2D eigenvalue weighted by atomic mass is 16.5. The van der Waals surface area contributed by atoms with Gasteiger partial charge in [0.15, 0.2) is 0 Å². The zero-order chi connectivity index (χ0) is 12.6. The standard InChI is InChI=1S/C12H26N2O2/c1-6-14(7-2)10-9-12(4,13-5)11(15)16-8-3/h13H,6-10H2,1-5H3. The first-order valence-electron chi connectivity index (χ1n) is 6.12. The van der Waals surface area contributed by atoms with E-state index in [9.17, 15) is 4.79 Å². The Kier molecular flexibility index (Phi) is 7.34. The van der Waals surface area contributed by atoms with E-state index in [0.717, 1.165) is 26.1 Å². The number of nitrogens with one attached hydrogen (secondary N) is 1. The Labute approximate surface area is 99.3 Å². The number of nitrogens with zero attached hydrogens (tertiary/aromatic N) is 1. The van der Waals surface area contributed by atoms with E-state index in [1.54, 1.807) is 7.05 Å². The molecule has 0 aromatic rings. The molecular weight excluding hydrogens is 204 g/mol. The quantitative estimate of drug-likeness (QED) is 0.637. The van der Waals surface area contributed by atoms with E-state index in [2.05, 4.69) is 24.1 Å². The molecule has 1 N–H and O–H groups in total. The van der Waals surface area contributed by atoms with Crippen LogP contribution in [-0.2, 0) is 9.53 Å². The van der Waals surface area contributed by atoms with E-state index in [0.29, 0.717) is 6.61 Å². The molecule has 0 aromatic carbocycles. The van der Waals surface area contributed by atoms with Gasteiger partial charge in [0.1, 0.15) is 5.54 Å². The van der Waals surface area contributed by atoms with Gasteiger partial charge in [-0.25, -0.2) is 0 Å². The molecule has 4 heteroatoms. The highest BCUT2D eigenvalue weighted by Gasteiger charge is 2.32. The van der Waals surface area contributed by atoms with Gasteiger partial charge in [0, 0.05) is 6.54 Å². The van der Waals surface area contributed by atoms with Gasteiger partial charge in [0.2, 0.25) is 0 Å². The number of rotatable bonds is 8. The maximum absolute atomic E-state index is 11.8. The number of esters is 1. The summed E-state index contributed by atoms with van der Waals surface area (Å²) in [4.78, 5) is 14.1. The number of carbonyl (C=O) groups excluding carboxylic acids is 1. The van der Waals surface area contributed by atoms with Gasteiger partial charge in [-0.1, -0.05) is 13.8 Å². The van der Waals surface area contributed by atoms with Crippen molar-refractivity contribution < 1.29 is 9.53 Å². The molecule has 0 radical (unpaired) electrons. The van der Waals surface area contributed by atoms with Gasteiger partial charge >= 0.3 is 5.97 Å². The second kappa shape index (κ2) is 7.63. The third-order valence-corrected chi connectivity index (χ3v) is 3.10. The average molecular weight is 230 g/mol. The molecule has 0 saturated carbocycles. The number of ether oxygens (including phenoxy) is 1. The third-order valence-electron chi connectivity index (χ3n) is 3.10. The van der Waals surface area contributed by atoms with Crippen molar-refractivity contribution in [1.29, 1.82) is 0 Å². The summed E-state index contributed by atoms with van der Waals surface area (Å²) >= 11 is 0. The molecule has 0 rings (SSSR count). The SMILES string of the molecule is CCOC(=O)C(C)(CCN(CC)CC)NC. The lowest BCUT2D eigenvalue weighted by Crippen LogP contribution is -2.50. The van der Waals surface area contributed by atoms with Crippen LogP contribution in [0.2, 0.25) is 0 Å². The van der Waals surface area contributed by atoms with Crippen LogP contribution in [0.4, 0.5) is 0 Å². The second-order valence-electron chi connectivity index (χ2n) is 4.08. The van der Waals surface area contributed by atoms with E-state index in [1.807, 2.05) is 13.8 Å². The fourth-order valence-electron chi connectivity index (χ4n) is 1.54. The number of hydrogen-bond acceptors (Lipinski definition) is 4. The summed E-state index contributed by atoms with van der Waals surface area (Å²) < 4.78 is 5.08. The Hall–Kier alpha value is -0.610. The van der Waals surface area contributed by atoms with Gasteiger partial charge in [0.05, 0.1) is 6.61 Å². The van der Waals surface area contributed by atoms with Crippen LogP contribution < -0.4 is 5.32 Å². The smallest absolute Gasteiger partial charge is 0.326 e. The maximum Gasteiger partial charge on any atom is 0.326 e. The van der Waals surface area contributed by atoms with Crippen LogP contribution in [0.3, 0.4) is 0 Å². The van der Waals surface area contributed by atoms with Gasteiger partial charge in [-0.2, -0.15) is 0 Å². The summed E-state index contributed by atoms with van der Waals surface area (Å²) in [6.07, 6.45) is 0.768. The molecule has 0 fully saturated rings. The van der Waals surface area contributed by atoms with Gasteiger partial charge < -0.3 is 15.0 Å². The highest BCUT2D eigenvalue weighted by molar-refractivity contribution is 5.80. The van der Waals surface area contributed by atoms with E-state index >= 15 is 0 Å². The highest BCUT2D eigenvalue weighted by Crippen LogP contribution is 2.12. The molecule has 1 unspecified atom stereocenters. The van der Waals surface area contributed by atoms with Gasteiger partial charge in [0.25, 0.3) is 0 Å². The molecule has 0 aliphatic carbocycles. The lowest BCUT2D eigenvalue weighted by molar-refractivity contribution is -0.150. The molecule has 4 nitrogen and oxygen atoms in total. The summed E-state index contributed by atoms with van der Waals surface area (Å²) in [5.41, 5.74) is -0.571. The minimum Gasteiger partial charge on any atom is -0.465 e.